The topological polar surface area (TPSA) is 141 Å². The van der Waals surface area contributed by atoms with Crippen molar-refractivity contribution >= 4 is 22.9 Å². The molecule has 1 aromatic rings. The average molecular weight is 286 g/mol. The second-order valence-electron chi connectivity index (χ2n) is 3.23. The molecule has 20 heavy (non-hydrogen) atoms. The van der Waals surface area contributed by atoms with E-state index >= 15 is 0 Å². The van der Waals surface area contributed by atoms with E-state index in [4.69, 9.17) is 16.4 Å². The number of hydrogen-bond donors (Lipinski definition) is 3. The third-order valence-electron chi connectivity index (χ3n) is 1.97. The van der Waals surface area contributed by atoms with Gasteiger partial charge in [-0.15, -0.1) is 0 Å². The molecule has 11 heteroatoms. The zero-order valence-electron chi connectivity index (χ0n) is 9.45. The van der Waals surface area contributed by atoms with Gasteiger partial charge in [-0.2, -0.15) is 14.8 Å². The number of benzene rings is 1. The Morgan fingerprint density at radius 2 is 2.10 bits per heavy atom. The van der Waals surface area contributed by atoms with Crippen LogP contribution in [0.3, 0.4) is 0 Å². The molecule has 0 heterocycles. The Hall–Kier alpha value is -3.16. The normalized spacial score (nSPS) is 10.8. The highest BCUT2D eigenvalue weighted by Crippen LogP contribution is 2.32. The van der Waals surface area contributed by atoms with Crippen molar-refractivity contribution in [2.45, 2.75) is 0 Å². The van der Waals surface area contributed by atoms with E-state index in [0.29, 0.717) is 0 Å². The van der Waals surface area contributed by atoms with Crippen molar-refractivity contribution in [1.82, 2.24) is 0 Å². The number of rotatable bonds is 4. The molecule has 8 nitrogen and oxygen atoms in total. The molecular formula is C9H5F3N6O2. The summed E-state index contributed by atoms with van der Waals surface area (Å²) in [4.78, 5) is 9.24. The predicted molar refractivity (Wildman–Crippen MR) is 61.6 cm³/mol. The summed E-state index contributed by atoms with van der Waals surface area (Å²) < 4.78 is 39.5. The van der Waals surface area contributed by atoms with E-state index in [2.05, 4.69) is 5.10 Å². The zero-order valence-corrected chi connectivity index (χ0v) is 9.45. The Morgan fingerprint density at radius 1 is 1.50 bits per heavy atom. The van der Waals surface area contributed by atoms with Crippen molar-refractivity contribution in [1.29, 1.82) is 10.7 Å². The maximum Gasteiger partial charge on any atom is 0.335 e. The van der Waals surface area contributed by atoms with Crippen molar-refractivity contribution in [2.75, 3.05) is 5.43 Å². The molecule has 0 spiro atoms. The smallest absolute Gasteiger partial charge is 0.335 e. The highest BCUT2D eigenvalue weighted by molar-refractivity contribution is 6.45. The minimum atomic E-state index is -1.89. The number of hydrogen-bond acceptors (Lipinski definition) is 6. The van der Waals surface area contributed by atoms with Crippen molar-refractivity contribution in [3.63, 3.8) is 0 Å². The highest BCUT2D eigenvalue weighted by Gasteiger charge is 2.28. The Kier molecular flexibility index (Phi) is 4.21. The van der Waals surface area contributed by atoms with Gasteiger partial charge in [-0.1, -0.05) is 0 Å². The van der Waals surface area contributed by atoms with E-state index in [1.54, 1.807) is 5.43 Å². The molecule has 1 aromatic carbocycles. The van der Waals surface area contributed by atoms with E-state index < -0.39 is 45.3 Å². The molecule has 0 saturated heterocycles. The molecule has 0 aliphatic carbocycles. The number of nitrogens with two attached hydrogens (primary N) is 1. The fraction of sp³-hybridized carbons (Fsp3) is 0. The fourth-order valence-electron chi connectivity index (χ4n) is 1.12. The first-order chi connectivity index (χ1) is 9.29. The molecule has 0 atom stereocenters. The lowest BCUT2D eigenvalue weighted by atomic mass is 10.2. The van der Waals surface area contributed by atoms with Gasteiger partial charge < -0.3 is 5.73 Å². The Morgan fingerprint density at radius 3 is 2.55 bits per heavy atom. The second-order valence-corrected chi connectivity index (χ2v) is 3.23. The van der Waals surface area contributed by atoms with E-state index in [1.807, 2.05) is 0 Å². The summed E-state index contributed by atoms with van der Waals surface area (Å²) in [5.74, 6) is -5.95. The van der Waals surface area contributed by atoms with Gasteiger partial charge in [0.2, 0.25) is 11.5 Å². The van der Waals surface area contributed by atoms with Crippen LogP contribution in [-0.2, 0) is 0 Å². The van der Waals surface area contributed by atoms with Crippen molar-refractivity contribution in [3.8, 4) is 6.07 Å². The first kappa shape index (κ1) is 14.9. The summed E-state index contributed by atoms with van der Waals surface area (Å²) >= 11 is 0. The molecule has 0 amide bonds. The monoisotopic (exact) mass is 286 g/mol. The van der Waals surface area contributed by atoms with Crippen molar-refractivity contribution in [2.24, 2.45) is 10.8 Å². The molecule has 4 N–H and O–H groups in total. The predicted octanol–water partition coefficient (Wildman–Crippen LogP) is 1.24. The van der Waals surface area contributed by atoms with Crippen LogP contribution in [0.4, 0.5) is 24.5 Å². The number of nitrogens with zero attached hydrogens (tertiary/aromatic N) is 3. The molecule has 0 saturated carbocycles. The summed E-state index contributed by atoms with van der Waals surface area (Å²) in [7, 11) is 0. The van der Waals surface area contributed by atoms with Gasteiger partial charge in [0, 0.05) is 6.07 Å². The summed E-state index contributed by atoms with van der Waals surface area (Å²) in [6.45, 7) is 0. The maximum absolute atomic E-state index is 13.4. The lowest BCUT2D eigenvalue weighted by Gasteiger charge is -2.05. The van der Waals surface area contributed by atoms with Crippen molar-refractivity contribution in [3.05, 3.63) is 33.6 Å². The SMILES string of the molecule is N#C/C(=N\Nc1c(F)cc(F)c(F)c1[N+](=O)[O-])C(=N)N. The van der Waals surface area contributed by atoms with Crippen LogP contribution < -0.4 is 11.2 Å². The summed E-state index contributed by atoms with van der Waals surface area (Å²) in [5.41, 5.74) is 3.28. The molecule has 0 aliphatic heterocycles. The zero-order chi connectivity index (χ0) is 15.4. The van der Waals surface area contributed by atoms with Gasteiger partial charge in [0.15, 0.2) is 23.2 Å². The van der Waals surface area contributed by atoms with Crippen LogP contribution in [0, 0.1) is 44.3 Å². The molecule has 0 aromatic heterocycles. The molecule has 0 unspecified atom stereocenters. The van der Waals surface area contributed by atoms with E-state index in [9.17, 15) is 23.3 Å². The summed E-state index contributed by atoms with van der Waals surface area (Å²) in [5, 5.41) is 29.1. The number of nitro benzene ring substituents is 1. The van der Waals surface area contributed by atoms with E-state index in [-0.39, 0.29) is 6.07 Å². The van der Waals surface area contributed by atoms with Gasteiger partial charge in [-0.25, -0.2) is 8.78 Å². The minimum absolute atomic E-state index is 0.0694. The molecule has 0 radical (unpaired) electrons. The largest absolute Gasteiger partial charge is 0.382 e. The fourth-order valence-corrected chi connectivity index (χ4v) is 1.12. The first-order valence-corrected chi connectivity index (χ1v) is 4.69. The number of amidine groups is 1. The third-order valence-corrected chi connectivity index (χ3v) is 1.97. The van der Waals surface area contributed by atoms with Gasteiger partial charge >= 0.3 is 5.69 Å². The second kappa shape index (κ2) is 5.65. The number of hydrazone groups is 1. The molecular weight excluding hydrogens is 281 g/mol. The van der Waals surface area contributed by atoms with Crippen LogP contribution in [0.15, 0.2) is 11.2 Å². The maximum atomic E-state index is 13.4. The Balaban J connectivity index is 3.40. The van der Waals surface area contributed by atoms with Gasteiger partial charge in [0.05, 0.1) is 4.92 Å². The van der Waals surface area contributed by atoms with Crippen LogP contribution in [0.1, 0.15) is 0 Å². The van der Waals surface area contributed by atoms with Gasteiger partial charge in [0.25, 0.3) is 0 Å². The van der Waals surface area contributed by atoms with Gasteiger partial charge in [0.1, 0.15) is 6.07 Å². The number of nitro groups is 1. The summed E-state index contributed by atoms with van der Waals surface area (Å²) in [6.07, 6.45) is 0. The van der Waals surface area contributed by atoms with E-state index in [0.717, 1.165) is 0 Å². The molecule has 1 rings (SSSR count). The van der Waals surface area contributed by atoms with Gasteiger partial charge in [-0.3, -0.25) is 20.9 Å². The number of nitrogens with one attached hydrogen (secondary N) is 2. The van der Waals surface area contributed by atoms with Crippen LogP contribution in [0.25, 0.3) is 0 Å². The lowest BCUT2D eigenvalue weighted by molar-refractivity contribution is -0.387. The summed E-state index contributed by atoms with van der Waals surface area (Å²) in [6, 6.07) is 1.41. The number of halogens is 3. The van der Waals surface area contributed by atoms with E-state index in [1.165, 1.54) is 6.07 Å². The number of nitriles is 1. The van der Waals surface area contributed by atoms with Crippen LogP contribution in [0.2, 0.25) is 0 Å². The molecule has 104 valence electrons. The lowest BCUT2D eigenvalue weighted by Crippen LogP contribution is -2.22. The van der Waals surface area contributed by atoms with Crippen LogP contribution in [0.5, 0.6) is 0 Å². The molecule has 0 bridgehead atoms. The quantitative estimate of drug-likeness (QED) is 0.251. The van der Waals surface area contributed by atoms with Gasteiger partial charge in [-0.05, 0) is 0 Å². The molecule has 0 fully saturated rings. The van der Waals surface area contributed by atoms with Crippen LogP contribution in [-0.4, -0.2) is 16.5 Å². The Bertz CT molecular complexity index is 667. The Labute approximate surface area is 109 Å². The molecule has 0 aliphatic rings. The average Bonchev–Trinajstić information content (AvgIpc) is 2.34. The van der Waals surface area contributed by atoms with Crippen molar-refractivity contribution < 1.29 is 18.1 Å². The third kappa shape index (κ3) is 2.80. The standard InChI is InChI=1S/C9H5F3N6O2/c10-3-1-4(11)7(8(6(3)12)18(19)20)17-16-5(2-13)9(14)15/h1,17H,(H3,14,15)/b16-5+. The first-order valence-electron chi connectivity index (χ1n) is 4.69. The number of anilines is 1. The van der Waals surface area contributed by atoms with Crippen LogP contribution >= 0.6 is 0 Å². The minimum Gasteiger partial charge on any atom is -0.382 e. The highest BCUT2D eigenvalue weighted by atomic mass is 19.2.